The van der Waals surface area contributed by atoms with Crippen LogP contribution in [0.25, 0.3) is 0 Å². The van der Waals surface area contributed by atoms with Crippen molar-refractivity contribution in [2.24, 2.45) is 5.41 Å². The molecular formula is C10H16ClN3OS. The number of hydrogen-bond acceptors (Lipinski definition) is 4. The van der Waals surface area contributed by atoms with Gasteiger partial charge in [0.15, 0.2) is 0 Å². The number of aromatic nitrogens is 2. The van der Waals surface area contributed by atoms with Gasteiger partial charge in [-0.05, 0) is 23.4 Å². The molecule has 1 amide bonds. The summed E-state index contributed by atoms with van der Waals surface area (Å²) < 4.78 is 3.63. The molecule has 0 aliphatic rings. The number of halogens is 1. The molecule has 1 unspecified atom stereocenters. The van der Waals surface area contributed by atoms with E-state index in [-0.39, 0.29) is 16.7 Å². The maximum absolute atomic E-state index is 11.5. The van der Waals surface area contributed by atoms with Gasteiger partial charge in [-0.1, -0.05) is 25.3 Å². The van der Waals surface area contributed by atoms with Crippen molar-refractivity contribution in [2.75, 3.05) is 6.54 Å². The van der Waals surface area contributed by atoms with Crippen LogP contribution in [-0.2, 0) is 0 Å². The Morgan fingerprint density at radius 1 is 1.62 bits per heavy atom. The van der Waals surface area contributed by atoms with E-state index in [1.165, 1.54) is 6.20 Å². The summed E-state index contributed by atoms with van der Waals surface area (Å²) in [4.78, 5) is 12.1. The zero-order chi connectivity index (χ0) is 12.2. The molecule has 16 heavy (non-hydrogen) atoms. The van der Waals surface area contributed by atoms with Crippen molar-refractivity contribution in [2.45, 2.75) is 32.6 Å². The van der Waals surface area contributed by atoms with Crippen LogP contribution in [0.1, 0.15) is 36.9 Å². The first-order valence-electron chi connectivity index (χ1n) is 5.08. The normalized spacial score (nSPS) is 13.5. The maximum Gasteiger partial charge on any atom is 0.264 e. The lowest BCUT2D eigenvalue weighted by Crippen LogP contribution is -2.31. The van der Waals surface area contributed by atoms with Crippen molar-refractivity contribution in [3.8, 4) is 0 Å². The van der Waals surface area contributed by atoms with E-state index in [1.54, 1.807) is 0 Å². The molecule has 6 heteroatoms. The maximum atomic E-state index is 11.5. The molecule has 0 spiro atoms. The third kappa shape index (κ3) is 4.90. The summed E-state index contributed by atoms with van der Waals surface area (Å²) in [6.07, 6.45) is 2.31. The van der Waals surface area contributed by atoms with E-state index in [0.717, 1.165) is 18.0 Å². The molecule has 0 radical (unpaired) electrons. The predicted molar refractivity (Wildman–Crippen MR) is 66.0 cm³/mol. The van der Waals surface area contributed by atoms with Crippen molar-refractivity contribution in [3.05, 3.63) is 11.1 Å². The number of carbonyl (C=O) groups is 1. The molecule has 1 N–H and O–H groups in total. The van der Waals surface area contributed by atoms with E-state index in [1.807, 2.05) is 0 Å². The highest BCUT2D eigenvalue weighted by molar-refractivity contribution is 7.07. The van der Waals surface area contributed by atoms with Gasteiger partial charge in [0.1, 0.15) is 4.88 Å². The largest absolute Gasteiger partial charge is 0.350 e. The molecule has 1 rings (SSSR count). The molecule has 0 aromatic carbocycles. The van der Waals surface area contributed by atoms with Gasteiger partial charge in [-0.15, -0.1) is 16.7 Å². The van der Waals surface area contributed by atoms with Crippen LogP contribution in [0.2, 0.25) is 0 Å². The molecule has 1 aromatic rings. The van der Waals surface area contributed by atoms with Gasteiger partial charge < -0.3 is 5.32 Å². The zero-order valence-corrected chi connectivity index (χ0v) is 11.2. The quantitative estimate of drug-likeness (QED) is 0.847. The molecule has 0 fully saturated rings. The predicted octanol–water partition coefficient (Wildman–Crippen LogP) is 2.31. The fourth-order valence-electron chi connectivity index (χ4n) is 1.29. The van der Waals surface area contributed by atoms with E-state index >= 15 is 0 Å². The second-order valence-corrected chi connectivity index (χ2v) is 6.26. The molecule has 0 aliphatic heterocycles. The third-order valence-corrected chi connectivity index (χ3v) is 2.88. The summed E-state index contributed by atoms with van der Waals surface area (Å²) >= 11 is 7.21. The van der Waals surface area contributed by atoms with Gasteiger partial charge >= 0.3 is 0 Å². The molecule has 0 bridgehead atoms. The zero-order valence-electron chi connectivity index (χ0n) is 9.66. The van der Waals surface area contributed by atoms with Crippen molar-refractivity contribution in [1.29, 1.82) is 0 Å². The van der Waals surface area contributed by atoms with Gasteiger partial charge in [-0.25, -0.2) is 0 Å². The molecule has 0 aliphatic carbocycles. The number of hydrogen-bond donors (Lipinski definition) is 1. The van der Waals surface area contributed by atoms with Crippen LogP contribution >= 0.6 is 23.1 Å². The summed E-state index contributed by atoms with van der Waals surface area (Å²) in [6, 6.07) is 0. The van der Waals surface area contributed by atoms with Crippen LogP contribution < -0.4 is 5.32 Å². The van der Waals surface area contributed by atoms with Crippen molar-refractivity contribution in [1.82, 2.24) is 14.9 Å². The lowest BCUT2D eigenvalue weighted by atomic mass is 9.90. The van der Waals surface area contributed by atoms with Gasteiger partial charge in [-0.3, -0.25) is 4.79 Å². The molecular weight excluding hydrogens is 246 g/mol. The van der Waals surface area contributed by atoms with E-state index in [4.69, 9.17) is 11.6 Å². The number of nitrogens with one attached hydrogen (secondary N) is 1. The Morgan fingerprint density at radius 2 is 2.31 bits per heavy atom. The lowest BCUT2D eigenvalue weighted by Gasteiger charge is -2.21. The summed E-state index contributed by atoms with van der Waals surface area (Å²) in [5, 5.41) is 6.32. The topological polar surface area (TPSA) is 54.9 Å². The van der Waals surface area contributed by atoms with Gasteiger partial charge in [0.25, 0.3) is 5.91 Å². The van der Waals surface area contributed by atoms with Crippen molar-refractivity contribution >= 4 is 29.0 Å². The van der Waals surface area contributed by atoms with Crippen LogP contribution in [0.3, 0.4) is 0 Å². The van der Waals surface area contributed by atoms with Gasteiger partial charge in [0, 0.05) is 6.54 Å². The minimum atomic E-state index is -0.158. The first-order valence-corrected chi connectivity index (χ1v) is 6.29. The Labute approximate surface area is 105 Å². The van der Waals surface area contributed by atoms with Crippen LogP contribution in [-0.4, -0.2) is 27.4 Å². The second kappa shape index (κ2) is 5.59. The molecule has 1 atom stereocenters. The smallest absolute Gasteiger partial charge is 0.264 e. The number of nitrogens with zero attached hydrogens (tertiary/aromatic N) is 2. The monoisotopic (exact) mass is 261 g/mol. The lowest BCUT2D eigenvalue weighted by molar-refractivity contribution is 0.0956. The summed E-state index contributed by atoms with van der Waals surface area (Å²) in [5.74, 6) is -0.158. The summed E-state index contributed by atoms with van der Waals surface area (Å²) in [5.41, 5.74) is 0.170. The minimum Gasteiger partial charge on any atom is -0.350 e. The average molecular weight is 262 g/mol. The van der Waals surface area contributed by atoms with Crippen LogP contribution in [0.4, 0.5) is 0 Å². The Kier molecular flexibility index (Phi) is 4.68. The first kappa shape index (κ1) is 13.4. The molecule has 0 saturated carbocycles. The SMILES string of the molecule is CC(C)(C)CC(Cl)CNC(=O)c1cnns1. The minimum absolute atomic E-state index is 0.0511. The van der Waals surface area contributed by atoms with E-state index in [2.05, 4.69) is 35.7 Å². The highest BCUT2D eigenvalue weighted by atomic mass is 35.5. The summed E-state index contributed by atoms with van der Waals surface area (Å²) in [7, 11) is 0. The van der Waals surface area contributed by atoms with Crippen molar-refractivity contribution in [3.63, 3.8) is 0 Å². The standard InChI is InChI=1S/C10H16ClN3OS/c1-10(2,3)4-7(11)5-12-9(15)8-6-13-14-16-8/h6-7H,4-5H2,1-3H3,(H,12,15). The Morgan fingerprint density at radius 3 is 2.81 bits per heavy atom. The van der Waals surface area contributed by atoms with Crippen LogP contribution in [0.15, 0.2) is 6.20 Å². The highest BCUT2D eigenvalue weighted by Crippen LogP contribution is 2.23. The third-order valence-electron chi connectivity index (χ3n) is 1.90. The van der Waals surface area contributed by atoms with Gasteiger partial charge in [0.05, 0.1) is 11.6 Å². The molecule has 1 aromatic heterocycles. The first-order chi connectivity index (χ1) is 7.38. The molecule has 0 saturated heterocycles. The summed E-state index contributed by atoms with van der Waals surface area (Å²) in [6.45, 7) is 6.83. The molecule has 4 nitrogen and oxygen atoms in total. The molecule has 90 valence electrons. The number of amides is 1. The fraction of sp³-hybridized carbons (Fsp3) is 0.700. The van der Waals surface area contributed by atoms with Crippen LogP contribution in [0.5, 0.6) is 0 Å². The Bertz CT molecular complexity index is 334. The fourth-order valence-corrected chi connectivity index (χ4v) is 2.27. The average Bonchev–Trinajstić information content (AvgIpc) is 2.64. The van der Waals surface area contributed by atoms with E-state index < -0.39 is 0 Å². The number of alkyl halides is 1. The van der Waals surface area contributed by atoms with E-state index in [9.17, 15) is 4.79 Å². The second-order valence-electron chi connectivity index (χ2n) is 4.85. The van der Waals surface area contributed by atoms with E-state index in [0.29, 0.717) is 11.4 Å². The van der Waals surface area contributed by atoms with Crippen molar-refractivity contribution < 1.29 is 4.79 Å². The number of rotatable bonds is 4. The van der Waals surface area contributed by atoms with Crippen LogP contribution in [0, 0.1) is 5.41 Å². The Balaban J connectivity index is 2.32. The van der Waals surface area contributed by atoms with Gasteiger partial charge in [-0.2, -0.15) is 0 Å². The Hall–Kier alpha value is -0.680. The highest BCUT2D eigenvalue weighted by Gasteiger charge is 2.18. The molecule has 1 heterocycles. The number of carbonyl (C=O) groups excluding carboxylic acids is 1. The van der Waals surface area contributed by atoms with Gasteiger partial charge in [0.2, 0.25) is 0 Å².